The fourth-order valence-electron chi connectivity index (χ4n) is 1.79. The van der Waals surface area contributed by atoms with Gasteiger partial charge >= 0.3 is 5.97 Å². The molecule has 4 nitrogen and oxygen atoms in total. The van der Waals surface area contributed by atoms with Crippen molar-refractivity contribution in [3.8, 4) is 0 Å². The van der Waals surface area contributed by atoms with Crippen LogP contribution in [0.4, 0.5) is 0 Å². The summed E-state index contributed by atoms with van der Waals surface area (Å²) < 4.78 is 10.3. The van der Waals surface area contributed by atoms with Crippen molar-refractivity contribution in [2.75, 3.05) is 13.2 Å². The van der Waals surface area contributed by atoms with Crippen LogP contribution in [0.25, 0.3) is 0 Å². The van der Waals surface area contributed by atoms with Crippen molar-refractivity contribution in [2.45, 2.75) is 38.9 Å². The van der Waals surface area contributed by atoms with E-state index in [1.54, 1.807) is 13.0 Å². The Bertz CT molecular complexity index is 414. The van der Waals surface area contributed by atoms with Crippen molar-refractivity contribution < 1.29 is 19.4 Å². The largest absolute Gasteiger partial charge is 0.463 e. The third kappa shape index (κ3) is 9.00. The average molecular weight is 292 g/mol. The van der Waals surface area contributed by atoms with Crippen molar-refractivity contribution >= 4 is 5.97 Å². The molecule has 0 saturated heterocycles. The number of ether oxygens (including phenoxy) is 2. The number of carbonyl (C=O) groups excluding carboxylic acids is 1. The van der Waals surface area contributed by atoms with Crippen LogP contribution in [0.15, 0.2) is 42.5 Å². The van der Waals surface area contributed by atoms with Crippen molar-refractivity contribution in [1.29, 1.82) is 0 Å². The molecule has 0 unspecified atom stereocenters. The number of hydrogen-bond acceptors (Lipinski definition) is 4. The van der Waals surface area contributed by atoms with Crippen molar-refractivity contribution in [1.82, 2.24) is 0 Å². The summed E-state index contributed by atoms with van der Waals surface area (Å²) in [4.78, 5) is 11.0. The average Bonchev–Trinajstić information content (AvgIpc) is 2.49. The molecule has 0 saturated carbocycles. The van der Waals surface area contributed by atoms with E-state index < -0.39 is 6.10 Å². The molecule has 0 aliphatic rings. The van der Waals surface area contributed by atoms with E-state index in [1.807, 2.05) is 30.3 Å². The highest BCUT2D eigenvalue weighted by Crippen LogP contribution is 2.05. The van der Waals surface area contributed by atoms with Gasteiger partial charge in [0.15, 0.2) is 0 Å². The van der Waals surface area contributed by atoms with Gasteiger partial charge in [-0.05, 0) is 31.7 Å². The molecule has 0 radical (unpaired) electrons. The summed E-state index contributed by atoms with van der Waals surface area (Å²) >= 11 is 0. The van der Waals surface area contributed by atoms with Gasteiger partial charge in [0.1, 0.15) is 0 Å². The molecule has 0 bridgehead atoms. The summed E-state index contributed by atoms with van der Waals surface area (Å²) in [6.07, 6.45) is 4.59. The lowest BCUT2D eigenvalue weighted by Crippen LogP contribution is -2.10. The number of aliphatic hydroxyl groups excluding tert-OH is 1. The molecule has 1 rings (SSSR count). The molecule has 116 valence electrons. The summed E-state index contributed by atoms with van der Waals surface area (Å²) in [5.41, 5.74) is 1.13. The topological polar surface area (TPSA) is 55.8 Å². The Morgan fingerprint density at radius 1 is 1.29 bits per heavy atom. The Morgan fingerprint density at radius 3 is 2.76 bits per heavy atom. The lowest BCUT2D eigenvalue weighted by Gasteiger charge is -2.09. The van der Waals surface area contributed by atoms with Crippen LogP contribution in [0.3, 0.4) is 0 Å². The van der Waals surface area contributed by atoms with E-state index in [0.717, 1.165) is 5.56 Å². The first-order chi connectivity index (χ1) is 10.2. The van der Waals surface area contributed by atoms with Crippen LogP contribution in [0, 0.1) is 0 Å². The number of aliphatic hydroxyl groups is 1. The predicted molar refractivity (Wildman–Crippen MR) is 81.7 cm³/mol. The minimum Gasteiger partial charge on any atom is -0.463 e. The maximum atomic E-state index is 11.0. The van der Waals surface area contributed by atoms with E-state index in [0.29, 0.717) is 39.1 Å². The van der Waals surface area contributed by atoms with Gasteiger partial charge in [-0.1, -0.05) is 36.4 Å². The molecule has 0 aromatic heterocycles. The van der Waals surface area contributed by atoms with Gasteiger partial charge in [0.25, 0.3) is 0 Å². The highest BCUT2D eigenvalue weighted by Gasteiger charge is 2.03. The molecular weight excluding hydrogens is 268 g/mol. The molecule has 1 atom stereocenters. The summed E-state index contributed by atoms with van der Waals surface area (Å²) in [5, 5.41) is 9.78. The summed E-state index contributed by atoms with van der Waals surface area (Å²) in [5.74, 6) is -0.335. The molecule has 0 heterocycles. The van der Waals surface area contributed by atoms with Crippen LogP contribution >= 0.6 is 0 Å². The van der Waals surface area contributed by atoms with Gasteiger partial charge in [-0.25, -0.2) is 4.79 Å². The molecule has 1 aromatic rings. The first kappa shape index (κ1) is 17.4. The second-order valence-corrected chi connectivity index (χ2v) is 4.71. The van der Waals surface area contributed by atoms with Crippen LogP contribution in [-0.2, 0) is 20.9 Å². The van der Waals surface area contributed by atoms with E-state index in [4.69, 9.17) is 9.47 Å². The van der Waals surface area contributed by atoms with Gasteiger partial charge < -0.3 is 14.6 Å². The van der Waals surface area contributed by atoms with Crippen molar-refractivity contribution in [3.05, 3.63) is 48.0 Å². The van der Waals surface area contributed by atoms with Crippen molar-refractivity contribution in [2.24, 2.45) is 0 Å². The number of carbonyl (C=O) groups is 1. The van der Waals surface area contributed by atoms with Crippen LogP contribution in [0.5, 0.6) is 0 Å². The van der Waals surface area contributed by atoms with Gasteiger partial charge in [0, 0.05) is 12.7 Å². The Hall–Kier alpha value is -1.65. The zero-order chi connectivity index (χ0) is 15.3. The summed E-state index contributed by atoms with van der Waals surface area (Å²) in [6.45, 7) is 3.24. The Balaban J connectivity index is 2.03. The summed E-state index contributed by atoms with van der Waals surface area (Å²) in [7, 11) is 0. The highest BCUT2D eigenvalue weighted by atomic mass is 16.5. The predicted octanol–water partition coefficient (Wildman–Crippen LogP) is 2.85. The third-order valence-corrected chi connectivity index (χ3v) is 2.91. The molecular formula is C17H24O4. The molecule has 0 aliphatic carbocycles. The first-order valence-electron chi connectivity index (χ1n) is 7.35. The molecule has 1 aromatic carbocycles. The molecule has 4 heteroatoms. The Labute approximate surface area is 126 Å². The first-order valence-corrected chi connectivity index (χ1v) is 7.35. The SMILES string of the molecule is CCOC(=O)/C=C\CC[C@@H](O)CCOCc1ccccc1. The maximum absolute atomic E-state index is 11.0. The minimum atomic E-state index is -0.410. The number of allylic oxidation sites excluding steroid dienone is 1. The monoisotopic (exact) mass is 292 g/mol. The fraction of sp³-hybridized carbons (Fsp3) is 0.471. The van der Waals surface area contributed by atoms with E-state index in [1.165, 1.54) is 6.08 Å². The molecule has 0 fully saturated rings. The second-order valence-electron chi connectivity index (χ2n) is 4.71. The van der Waals surface area contributed by atoms with Gasteiger partial charge in [0.2, 0.25) is 0 Å². The number of rotatable bonds is 10. The van der Waals surface area contributed by atoms with E-state index in [2.05, 4.69) is 0 Å². The number of esters is 1. The number of benzene rings is 1. The zero-order valence-corrected chi connectivity index (χ0v) is 12.5. The van der Waals surface area contributed by atoms with Crippen molar-refractivity contribution in [3.63, 3.8) is 0 Å². The van der Waals surface area contributed by atoms with Crippen LogP contribution in [-0.4, -0.2) is 30.4 Å². The van der Waals surface area contributed by atoms with Crippen LogP contribution in [0.2, 0.25) is 0 Å². The lowest BCUT2D eigenvalue weighted by atomic mass is 10.1. The van der Waals surface area contributed by atoms with Gasteiger partial charge in [0.05, 0.1) is 19.3 Å². The van der Waals surface area contributed by atoms with Gasteiger partial charge in [-0.15, -0.1) is 0 Å². The van der Waals surface area contributed by atoms with Crippen LogP contribution in [0.1, 0.15) is 31.7 Å². The molecule has 0 amide bonds. The van der Waals surface area contributed by atoms with Crippen LogP contribution < -0.4 is 0 Å². The van der Waals surface area contributed by atoms with E-state index in [9.17, 15) is 9.90 Å². The fourth-order valence-corrected chi connectivity index (χ4v) is 1.79. The standard InChI is InChI=1S/C17H24O4/c1-2-21-17(19)11-7-6-10-16(18)12-13-20-14-15-8-4-3-5-9-15/h3-5,7-9,11,16,18H,2,6,10,12-14H2,1H3/b11-7-/t16-/m1/s1. The second kappa shape index (κ2) is 11.1. The zero-order valence-electron chi connectivity index (χ0n) is 12.5. The molecule has 0 aliphatic heterocycles. The highest BCUT2D eigenvalue weighted by molar-refractivity contribution is 5.81. The minimum absolute atomic E-state index is 0.335. The summed E-state index contributed by atoms with van der Waals surface area (Å²) in [6, 6.07) is 9.94. The molecule has 0 spiro atoms. The lowest BCUT2D eigenvalue weighted by molar-refractivity contribution is -0.137. The Kier molecular flexibility index (Phi) is 9.16. The molecule has 21 heavy (non-hydrogen) atoms. The van der Waals surface area contributed by atoms with E-state index >= 15 is 0 Å². The number of hydrogen-bond donors (Lipinski definition) is 1. The molecule has 1 N–H and O–H groups in total. The Morgan fingerprint density at radius 2 is 2.05 bits per heavy atom. The van der Waals surface area contributed by atoms with Gasteiger partial charge in [-0.2, -0.15) is 0 Å². The maximum Gasteiger partial charge on any atom is 0.330 e. The normalized spacial score (nSPS) is 12.5. The smallest absolute Gasteiger partial charge is 0.330 e. The third-order valence-electron chi connectivity index (χ3n) is 2.91. The quantitative estimate of drug-likeness (QED) is 0.409. The van der Waals surface area contributed by atoms with Gasteiger partial charge in [-0.3, -0.25) is 0 Å². The van der Waals surface area contributed by atoms with E-state index in [-0.39, 0.29) is 5.97 Å².